The Hall–Kier alpha value is -1.99. The number of benzene rings is 1. The van der Waals surface area contributed by atoms with E-state index in [0.717, 1.165) is 38.4 Å². The minimum Gasteiger partial charge on any atom is -0.378 e. The van der Waals surface area contributed by atoms with E-state index in [1.807, 2.05) is 4.68 Å². The molecule has 0 bridgehead atoms. The lowest BCUT2D eigenvalue weighted by molar-refractivity contribution is 0.117. The Balaban J connectivity index is 2.02. The molecule has 0 N–H and O–H groups in total. The van der Waals surface area contributed by atoms with E-state index in [0.29, 0.717) is 0 Å². The molecule has 1 aromatic carbocycles. The molecule has 148 valence electrons. The van der Waals surface area contributed by atoms with Crippen LogP contribution in [0.25, 0.3) is 0 Å². The Labute approximate surface area is 162 Å². The fourth-order valence-electron chi connectivity index (χ4n) is 3.50. The van der Waals surface area contributed by atoms with Crippen LogP contribution in [0.1, 0.15) is 44.6 Å². The Morgan fingerprint density at radius 2 is 1.70 bits per heavy atom. The van der Waals surface area contributed by atoms with Crippen LogP contribution >= 0.6 is 0 Å². The number of nitrogens with zero attached hydrogens (tertiary/aromatic N) is 7. The van der Waals surface area contributed by atoms with E-state index in [2.05, 4.69) is 96.4 Å². The summed E-state index contributed by atoms with van der Waals surface area (Å²) in [5, 5.41) is 12.9. The lowest BCUT2D eigenvalue weighted by Gasteiger charge is -2.38. The third-order valence-corrected chi connectivity index (χ3v) is 5.81. The number of hydrogen-bond donors (Lipinski definition) is 0. The molecule has 2 heterocycles. The van der Waals surface area contributed by atoms with E-state index in [9.17, 15) is 0 Å². The molecular weight excluding hydrogens is 338 g/mol. The van der Waals surface area contributed by atoms with Gasteiger partial charge in [-0.1, -0.05) is 19.1 Å². The van der Waals surface area contributed by atoms with E-state index in [-0.39, 0.29) is 11.6 Å². The van der Waals surface area contributed by atoms with E-state index in [1.165, 1.54) is 11.3 Å². The van der Waals surface area contributed by atoms with Gasteiger partial charge in [-0.25, -0.2) is 4.68 Å². The molecule has 3 rings (SSSR count). The van der Waals surface area contributed by atoms with Crippen LogP contribution in [-0.2, 0) is 5.54 Å². The molecule has 1 aliphatic rings. The summed E-state index contributed by atoms with van der Waals surface area (Å²) in [7, 11) is 6.32. The number of tetrazole rings is 1. The van der Waals surface area contributed by atoms with Crippen molar-refractivity contribution >= 4 is 5.69 Å². The first-order valence-electron chi connectivity index (χ1n) is 9.82. The maximum atomic E-state index is 4.50. The zero-order valence-electron chi connectivity index (χ0n) is 17.6. The zero-order valence-corrected chi connectivity index (χ0v) is 17.6. The van der Waals surface area contributed by atoms with Crippen molar-refractivity contribution in [3.05, 3.63) is 35.7 Å². The molecule has 1 fully saturated rings. The maximum absolute atomic E-state index is 4.50. The first-order chi connectivity index (χ1) is 12.8. The van der Waals surface area contributed by atoms with Crippen LogP contribution in [0.2, 0.25) is 0 Å². The second kappa shape index (κ2) is 7.94. The van der Waals surface area contributed by atoms with E-state index < -0.39 is 0 Å². The number of piperazine rings is 1. The molecule has 1 unspecified atom stereocenters. The zero-order chi connectivity index (χ0) is 19.6. The lowest BCUT2D eigenvalue weighted by Crippen LogP contribution is -2.47. The fraction of sp³-hybridized carbons (Fsp3) is 0.650. The second-order valence-corrected chi connectivity index (χ2v) is 8.34. The monoisotopic (exact) mass is 371 g/mol. The van der Waals surface area contributed by atoms with E-state index in [1.54, 1.807) is 0 Å². The summed E-state index contributed by atoms with van der Waals surface area (Å²) in [6.45, 7) is 10.7. The van der Waals surface area contributed by atoms with Crippen molar-refractivity contribution in [2.75, 3.05) is 52.2 Å². The third kappa shape index (κ3) is 4.14. The molecule has 1 saturated heterocycles. The van der Waals surface area contributed by atoms with Gasteiger partial charge in [-0.15, -0.1) is 5.10 Å². The van der Waals surface area contributed by atoms with Gasteiger partial charge in [0.15, 0.2) is 5.82 Å². The van der Waals surface area contributed by atoms with Gasteiger partial charge in [0.25, 0.3) is 0 Å². The molecule has 0 saturated carbocycles. The molecule has 1 atom stereocenters. The fourth-order valence-corrected chi connectivity index (χ4v) is 3.50. The Kier molecular flexibility index (Phi) is 5.81. The quantitative estimate of drug-likeness (QED) is 0.776. The van der Waals surface area contributed by atoms with Crippen LogP contribution in [0, 0.1) is 0 Å². The smallest absolute Gasteiger partial charge is 0.173 e. The van der Waals surface area contributed by atoms with Gasteiger partial charge in [0.1, 0.15) is 0 Å². The Morgan fingerprint density at radius 1 is 1.07 bits per heavy atom. The van der Waals surface area contributed by atoms with Crippen molar-refractivity contribution in [3.63, 3.8) is 0 Å². The molecule has 27 heavy (non-hydrogen) atoms. The van der Waals surface area contributed by atoms with Gasteiger partial charge in [0.2, 0.25) is 0 Å². The van der Waals surface area contributed by atoms with Crippen molar-refractivity contribution in [1.82, 2.24) is 30.0 Å². The second-order valence-electron chi connectivity index (χ2n) is 8.34. The number of likely N-dealkylation sites (N-methyl/N-ethyl adjacent to an activating group) is 1. The Bertz CT molecular complexity index is 727. The molecule has 0 spiro atoms. The third-order valence-electron chi connectivity index (χ3n) is 5.81. The molecule has 2 aromatic rings. The van der Waals surface area contributed by atoms with Gasteiger partial charge < -0.3 is 9.80 Å². The topological polar surface area (TPSA) is 53.3 Å². The summed E-state index contributed by atoms with van der Waals surface area (Å²) < 4.78 is 2.02. The van der Waals surface area contributed by atoms with Gasteiger partial charge in [-0.05, 0) is 55.4 Å². The van der Waals surface area contributed by atoms with Crippen LogP contribution < -0.4 is 4.90 Å². The van der Waals surface area contributed by atoms with E-state index >= 15 is 0 Å². The number of anilines is 1. The first-order valence-corrected chi connectivity index (χ1v) is 9.82. The average Bonchev–Trinajstić information content (AvgIpc) is 3.14. The van der Waals surface area contributed by atoms with Crippen LogP contribution in [0.15, 0.2) is 24.3 Å². The molecule has 7 nitrogen and oxygen atoms in total. The average molecular weight is 372 g/mol. The summed E-state index contributed by atoms with van der Waals surface area (Å²) in [5.74, 6) is 0.934. The summed E-state index contributed by atoms with van der Waals surface area (Å²) in [6.07, 6.45) is 0.972. The molecule has 1 aliphatic heterocycles. The maximum Gasteiger partial charge on any atom is 0.173 e. The molecule has 0 amide bonds. The summed E-state index contributed by atoms with van der Waals surface area (Å²) >= 11 is 0. The highest BCUT2D eigenvalue weighted by atomic mass is 15.6. The van der Waals surface area contributed by atoms with Crippen molar-refractivity contribution in [3.8, 4) is 0 Å². The normalized spacial score (nSPS) is 17.9. The SMILES string of the molecule is CCC(C)(C)n1nnnc1C(c1ccc(N(C)C)cc1)N1CCN(C)CC1. The first kappa shape index (κ1) is 19.8. The highest BCUT2D eigenvalue weighted by Crippen LogP contribution is 2.32. The lowest BCUT2D eigenvalue weighted by atomic mass is 9.99. The van der Waals surface area contributed by atoms with Gasteiger partial charge in [-0.2, -0.15) is 0 Å². The number of hydrogen-bond acceptors (Lipinski definition) is 6. The van der Waals surface area contributed by atoms with Crippen molar-refractivity contribution in [1.29, 1.82) is 0 Å². The Morgan fingerprint density at radius 3 is 2.26 bits per heavy atom. The molecule has 0 aliphatic carbocycles. The van der Waals surface area contributed by atoms with Crippen molar-refractivity contribution < 1.29 is 0 Å². The van der Waals surface area contributed by atoms with Crippen LogP contribution in [0.4, 0.5) is 5.69 Å². The summed E-state index contributed by atoms with van der Waals surface area (Å²) in [4.78, 5) is 7.01. The van der Waals surface area contributed by atoms with Crippen LogP contribution in [0.5, 0.6) is 0 Å². The van der Waals surface area contributed by atoms with Gasteiger partial charge in [0, 0.05) is 46.0 Å². The van der Waals surface area contributed by atoms with E-state index in [4.69, 9.17) is 0 Å². The molecule has 1 aromatic heterocycles. The highest BCUT2D eigenvalue weighted by Gasteiger charge is 2.33. The van der Waals surface area contributed by atoms with Gasteiger partial charge in [0.05, 0.1) is 11.6 Å². The predicted octanol–water partition coefficient (Wildman–Crippen LogP) is 2.22. The standard InChI is InChI=1S/C20H33N7/c1-7-20(2,3)27-19(21-22-23-27)18(26-14-12-25(6)13-15-26)16-8-10-17(11-9-16)24(4)5/h8-11,18H,7,12-15H2,1-6H3. The number of aromatic nitrogens is 4. The summed E-state index contributed by atoms with van der Waals surface area (Å²) in [5.41, 5.74) is 2.32. The van der Waals surface area contributed by atoms with Crippen LogP contribution in [0.3, 0.4) is 0 Å². The largest absolute Gasteiger partial charge is 0.378 e. The minimum atomic E-state index is -0.118. The van der Waals surface area contributed by atoms with Crippen molar-refractivity contribution in [2.24, 2.45) is 0 Å². The minimum absolute atomic E-state index is 0.0655. The molecular formula is C20H33N7. The van der Waals surface area contributed by atoms with Gasteiger partial charge >= 0.3 is 0 Å². The highest BCUT2D eigenvalue weighted by molar-refractivity contribution is 5.47. The molecule has 7 heteroatoms. The number of rotatable bonds is 6. The molecule has 0 radical (unpaired) electrons. The predicted molar refractivity (Wildman–Crippen MR) is 109 cm³/mol. The van der Waals surface area contributed by atoms with Gasteiger partial charge in [-0.3, -0.25) is 4.90 Å². The van der Waals surface area contributed by atoms with Crippen LogP contribution in [-0.4, -0.2) is 77.3 Å². The van der Waals surface area contributed by atoms with Crippen molar-refractivity contribution in [2.45, 2.75) is 38.8 Å². The summed E-state index contributed by atoms with van der Waals surface area (Å²) in [6, 6.07) is 8.86.